The van der Waals surface area contributed by atoms with Crippen molar-refractivity contribution in [2.45, 2.75) is 154 Å². The van der Waals surface area contributed by atoms with Gasteiger partial charge in [-0.05, 0) is 12.1 Å². The van der Waals surface area contributed by atoms with E-state index in [0.29, 0.717) is 0 Å². The van der Waals surface area contributed by atoms with E-state index in [1.54, 1.807) is 31.2 Å². The van der Waals surface area contributed by atoms with Crippen molar-refractivity contribution in [3.63, 3.8) is 0 Å². The Labute approximate surface area is 372 Å². The number of para-hydroxylation sites is 1. The fourth-order valence-corrected chi connectivity index (χ4v) is 8.08. The Morgan fingerprint density at radius 2 is 1.02 bits per heavy atom. The summed E-state index contributed by atoms with van der Waals surface area (Å²) >= 11 is 0.723. The molecule has 352 valence electrons. The molecule has 0 saturated carbocycles. The number of esters is 8. The van der Waals surface area contributed by atoms with Crippen molar-refractivity contribution in [1.82, 2.24) is 4.57 Å². The zero-order chi connectivity index (χ0) is 47.4. The highest BCUT2D eigenvalue weighted by Crippen LogP contribution is 2.46. The Balaban J connectivity index is 1.98. The lowest BCUT2D eigenvalue weighted by Gasteiger charge is -2.44. The Hall–Kier alpha value is -5.74. The lowest BCUT2D eigenvalue weighted by molar-refractivity contribution is -0.289. The Kier molecular flexibility index (Phi) is 18.5. The van der Waals surface area contributed by atoms with Crippen molar-refractivity contribution in [2.24, 2.45) is 0 Å². The largest absolute Gasteiger partial charge is 0.463 e. The van der Waals surface area contributed by atoms with Crippen LogP contribution < -0.4 is 4.74 Å². The molecule has 0 bridgehead atoms. The molecule has 2 aromatic rings. The molecule has 2 aliphatic heterocycles. The van der Waals surface area contributed by atoms with Crippen LogP contribution in [0.25, 0.3) is 10.9 Å². The molecule has 2 fully saturated rings. The molecule has 0 radical (unpaired) electrons. The number of hydrogen-bond acceptors (Lipinski definition) is 21. The number of nitrogens with zero attached hydrogens (tertiary/aromatic N) is 1. The predicted octanol–water partition coefficient (Wildman–Crippen LogP) is 3.50. The fraction of sp³-hybridized carbons (Fsp3) is 0.595. The Morgan fingerprint density at radius 1 is 0.547 bits per heavy atom. The number of hydrogen-bond donors (Lipinski definition) is 0. The molecule has 64 heavy (non-hydrogen) atoms. The first-order valence-corrected chi connectivity index (χ1v) is 21.4. The Bertz CT molecular complexity index is 2070. The first-order chi connectivity index (χ1) is 30.3. The van der Waals surface area contributed by atoms with Gasteiger partial charge in [-0.1, -0.05) is 51.6 Å². The number of aromatic nitrogens is 1. The van der Waals surface area contributed by atoms with Crippen LogP contribution in [-0.2, 0) is 85.7 Å². The number of ether oxygens (including phenoxy) is 11. The molecule has 4 rings (SSSR count). The second kappa shape index (κ2) is 23.3. The minimum atomic E-state index is -1.77. The summed E-state index contributed by atoms with van der Waals surface area (Å²) in [5.74, 6) is -7.08. The van der Waals surface area contributed by atoms with Crippen molar-refractivity contribution in [3.05, 3.63) is 24.3 Å². The van der Waals surface area contributed by atoms with Crippen LogP contribution in [0.15, 0.2) is 29.3 Å². The summed E-state index contributed by atoms with van der Waals surface area (Å²) in [6, 6.07) is 6.41. The third-order valence-corrected chi connectivity index (χ3v) is 10.7. The van der Waals surface area contributed by atoms with E-state index in [4.69, 9.17) is 52.1 Å². The van der Waals surface area contributed by atoms with Gasteiger partial charge in [-0.25, -0.2) is 0 Å². The number of benzene rings is 1. The lowest BCUT2D eigenvalue weighted by atomic mass is 9.98. The van der Waals surface area contributed by atoms with E-state index in [0.717, 1.165) is 39.5 Å². The molecule has 3 heterocycles. The maximum absolute atomic E-state index is 13.7. The van der Waals surface area contributed by atoms with Crippen molar-refractivity contribution in [1.29, 1.82) is 0 Å². The number of thioether (sulfide) groups is 1. The molecule has 1 aromatic heterocycles. The molecule has 1 aromatic carbocycles. The fourth-order valence-electron chi connectivity index (χ4n) is 6.72. The van der Waals surface area contributed by atoms with Gasteiger partial charge >= 0.3 is 47.8 Å². The van der Waals surface area contributed by atoms with Crippen molar-refractivity contribution in [2.75, 3.05) is 13.2 Å². The van der Waals surface area contributed by atoms with Crippen molar-refractivity contribution >= 4 is 76.3 Å². The summed E-state index contributed by atoms with van der Waals surface area (Å²) in [5.41, 5.74) is -1.21. The van der Waals surface area contributed by atoms with Gasteiger partial charge in [0.2, 0.25) is 18.3 Å². The van der Waals surface area contributed by atoms with Crippen LogP contribution in [-0.4, -0.2) is 132 Å². The van der Waals surface area contributed by atoms with Gasteiger partial charge in [-0.3, -0.25) is 47.7 Å². The normalized spacial score (nSPS) is 25.2. The summed E-state index contributed by atoms with van der Waals surface area (Å²) in [7, 11) is 0. The molecule has 22 heteroatoms. The van der Waals surface area contributed by atoms with E-state index in [2.05, 4.69) is 0 Å². The molecular formula is C42H53NO20S. The standard InChI is InChI=1S/C42H53NO20S/c1-10-29(49)54-19-27-35(60-30(50)11-2)36(61-31(51)12-3)38(62-32(52)13-4)41(58-27)63-33-25-16-14-15-17-26(25)43(20(5)44)40(33)64-42-39(57-24(9)48)37(56-23(8)47)34(55-22(7)46)28(59-42)18-53-21(6)45/h14-17,27-28,34-39,41-42H,10-13,18-19H2,1-9H3/t27-,28-,34-,35-,36+,37+,38-,39-,41-,42+/m1/s1. The van der Waals surface area contributed by atoms with Gasteiger partial charge in [0.1, 0.15) is 30.4 Å². The summed E-state index contributed by atoms with van der Waals surface area (Å²) in [4.78, 5) is 115. The van der Waals surface area contributed by atoms with Crippen LogP contribution in [0.1, 0.15) is 92.8 Å². The molecule has 0 N–H and O–H groups in total. The van der Waals surface area contributed by atoms with E-state index in [1.165, 1.54) is 32.3 Å². The lowest BCUT2D eigenvalue weighted by Crippen LogP contribution is -2.63. The van der Waals surface area contributed by atoms with Gasteiger partial charge in [0.05, 0.1) is 5.52 Å². The molecule has 0 spiro atoms. The van der Waals surface area contributed by atoms with Gasteiger partial charge in [0, 0.05) is 65.7 Å². The third kappa shape index (κ3) is 12.9. The van der Waals surface area contributed by atoms with E-state index in [1.807, 2.05) is 0 Å². The average molecular weight is 924 g/mol. The van der Waals surface area contributed by atoms with Crippen LogP contribution in [0.4, 0.5) is 0 Å². The van der Waals surface area contributed by atoms with Gasteiger partial charge in [0.25, 0.3) is 0 Å². The predicted molar refractivity (Wildman–Crippen MR) is 217 cm³/mol. The maximum atomic E-state index is 13.7. The highest BCUT2D eigenvalue weighted by molar-refractivity contribution is 7.99. The second-order valence-electron chi connectivity index (χ2n) is 14.3. The topological polar surface area (TPSA) is 260 Å². The van der Waals surface area contributed by atoms with Gasteiger partial charge in [0.15, 0.2) is 41.7 Å². The summed E-state index contributed by atoms with van der Waals surface area (Å²) < 4.78 is 65.4. The van der Waals surface area contributed by atoms with E-state index in [-0.39, 0.29) is 47.4 Å². The van der Waals surface area contributed by atoms with Crippen molar-refractivity contribution in [3.8, 4) is 5.75 Å². The first-order valence-electron chi connectivity index (χ1n) is 20.5. The van der Waals surface area contributed by atoms with Gasteiger partial charge in [-0.2, -0.15) is 0 Å². The van der Waals surface area contributed by atoms with Gasteiger partial charge in [-0.15, -0.1) is 0 Å². The smallest absolute Gasteiger partial charge is 0.306 e. The molecule has 21 nitrogen and oxygen atoms in total. The zero-order valence-electron chi connectivity index (χ0n) is 36.8. The average Bonchev–Trinajstić information content (AvgIpc) is 3.54. The van der Waals surface area contributed by atoms with E-state index in [9.17, 15) is 43.2 Å². The molecule has 0 aliphatic carbocycles. The SMILES string of the molecule is CCC(=O)OC[C@H]1O[C@H](Oc2c(S[C@@H]3O[C@H](COC(C)=O)[C@@H](OC(C)=O)[C@H](OC(C)=O)[C@H]3OC(C)=O)n(C(C)=O)c3ccccc23)[C@H](OC(=O)CC)[C@@H](OC(=O)CC)[C@@H]1OC(=O)CC. The van der Waals surface area contributed by atoms with E-state index < -0.39 is 127 Å². The number of rotatable bonds is 18. The maximum Gasteiger partial charge on any atom is 0.306 e. The highest BCUT2D eigenvalue weighted by Gasteiger charge is 2.56. The molecule has 2 saturated heterocycles. The summed E-state index contributed by atoms with van der Waals surface area (Å²) in [6.07, 6.45) is -14.5. The molecular weight excluding hydrogens is 871 g/mol. The Morgan fingerprint density at radius 3 is 1.56 bits per heavy atom. The summed E-state index contributed by atoms with van der Waals surface area (Å²) in [6.45, 7) is 10.5. The van der Waals surface area contributed by atoms with Crippen LogP contribution >= 0.6 is 11.8 Å². The summed E-state index contributed by atoms with van der Waals surface area (Å²) in [5, 5.41) is 0.194. The molecule has 0 unspecified atom stereocenters. The second-order valence-corrected chi connectivity index (χ2v) is 15.4. The van der Waals surface area contributed by atoms with Crippen LogP contribution in [0.2, 0.25) is 0 Å². The zero-order valence-corrected chi connectivity index (χ0v) is 37.7. The highest BCUT2D eigenvalue weighted by atomic mass is 32.2. The minimum absolute atomic E-state index is 0.0402. The van der Waals surface area contributed by atoms with Gasteiger partial charge < -0.3 is 52.1 Å². The van der Waals surface area contributed by atoms with Crippen molar-refractivity contribution < 1.29 is 95.3 Å². The quantitative estimate of drug-likeness (QED) is 0.153. The third-order valence-electron chi connectivity index (χ3n) is 9.47. The number of fused-ring (bicyclic) bond motifs is 1. The number of carbonyl (C=O) groups is 9. The van der Waals surface area contributed by atoms with Crippen LogP contribution in [0.3, 0.4) is 0 Å². The van der Waals surface area contributed by atoms with Crippen LogP contribution in [0.5, 0.6) is 5.75 Å². The molecule has 2 aliphatic rings. The van der Waals surface area contributed by atoms with Crippen LogP contribution in [0, 0.1) is 0 Å². The number of carbonyl (C=O) groups excluding carboxylic acids is 9. The molecule has 10 atom stereocenters. The first kappa shape index (κ1) is 50.9. The molecule has 0 amide bonds. The minimum Gasteiger partial charge on any atom is -0.463 e. The monoisotopic (exact) mass is 923 g/mol. The van der Waals surface area contributed by atoms with E-state index >= 15 is 0 Å².